The van der Waals surface area contributed by atoms with E-state index in [0.29, 0.717) is 0 Å². The number of hydrogen-bond donors (Lipinski definition) is 0. The van der Waals surface area contributed by atoms with E-state index in [1.54, 1.807) is 7.11 Å². The van der Waals surface area contributed by atoms with Crippen molar-refractivity contribution < 1.29 is 18.8 Å². The van der Waals surface area contributed by atoms with Crippen LogP contribution in [0.15, 0.2) is 18.3 Å². The van der Waals surface area contributed by atoms with Crippen LogP contribution in [0.1, 0.15) is 53.2 Å². The van der Waals surface area contributed by atoms with Gasteiger partial charge in [0.1, 0.15) is 12.0 Å². The van der Waals surface area contributed by atoms with E-state index in [2.05, 4.69) is 27.7 Å². The lowest BCUT2D eigenvalue weighted by Crippen LogP contribution is -2.41. The highest BCUT2D eigenvalue weighted by atomic mass is 16.7. The molecular weight excluding hydrogens is 331 g/mol. The molecule has 2 aromatic rings. The third-order valence-corrected chi connectivity index (χ3v) is 5.85. The van der Waals surface area contributed by atoms with Gasteiger partial charge in [0.15, 0.2) is 0 Å². The fraction of sp³-hybridized carbons (Fsp3) is 0.632. The summed E-state index contributed by atoms with van der Waals surface area (Å²) < 4.78 is 26.0. The Morgan fingerprint density at radius 2 is 1.88 bits per heavy atom. The van der Waals surface area contributed by atoms with Crippen molar-refractivity contribution in [2.45, 2.75) is 64.4 Å². The summed E-state index contributed by atoms with van der Waals surface area (Å²) in [5.74, 6) is 0.753. The highest BCUT2D eigenvalue weighted by Crippen LogP contribution is 2.38. The number of ether oxygens (including phenoxy) is 2. The minimum atomic E-state index is -0.464. The smallest absolute Gasteiger partial charge is 0.496 e. The summed E-state index contributed by atoms with van der Waals surface area (Å²) in [6.07, 6.45) is 5.28. The van der Waals surface area contributed by atoms with Crippen molar-refractivity contribution >= 4 is 23.5 Å². The molecule has 0 amide bonds. The van der Waals surface area contributed by atoms with Crippen molar-refractivity contribution in [3.8, 4) is 5.75 Å². The predicted molar refractivity (Wildman–Crippen MR) is 101 cm³/mol. The first-order valence-electron chi connectivity index (χ1n) is 9.35. The molecular formula is C19H27BN2O4. The topological polar surface area (TPSA) is 54.7 Å². The Hall–Kier alpha value is -1.57. The van der Waals surface area contributed by atoms with Crippen molar-refractivity contribution in [1.82, 2.24) is 9.78 Å². The molecule has 0 aliphatic carbocycles. The van der Waals surface area contributed by atoms with Gasteiger partial charge in [0.2, 0.25) is 0 Å². The lowest BCUT2D eigenvalue weighted by Gasteiger charge is -2.32. The van der Waals surface area contributed by atoms with Crippen molar-refractivity contribution in [2.24, 2.45) is 0 Å². The van der Waals surface area contributed by atoms with Crippen molar-refractivity contribution in [3.05, 3.63) is 18.3 Å². The molecule has 4 rings (SSSR count). The molecule has 2 aliphatic rings. The molecule has 2 aliphatic heterocycles. The van der Waals surface area contributed by atoms with E-state index in [1.165, 1.54) is 0 Å². The Labute approximate surface area is 154 Å². The lowest BCUT2D eigenvalue weighted by molar-refractivity contribution is -0.0390. The first kappa shape index (κ1) is 17.8. The third-order valence-electron chi connectivity index (χ3n) is 5.85. The summed E-state index contributed by atoms with van der Waals surface area (Å²) in [6, 6.07) is 3.99. The Kier molecular flexibility index (Phi) is 4.29. The van der Waals surface area contributed by atoms with Crippen LogP contribution in [0, 0.1) is 0 Å². The summed E-state index contributed by atoms with van der Waals surface area (Å²) >= 11 is 0. The summed E-state index contributed by atoms with van der Waals surface area (Å²) in [5, 5.41) is 5.65. The van der Waals surface area contributed by atoms with Gasteiger partial charge in [-0.25, -0.2) is 4.68 Å². The maximum atomic E-state index is 6.21. The average Bonchev–Trinajstić information content (AvgIpc) is 3.13. The molecule has 1 aromatic carbocycles. The second-order valence-electron chi connectivity index (χ2n) is 8.14. The zero-order valence-electron chi connectivity index (χ0n) is 16.2. The van der Waals surface area contributed by atoms with Crippen LogP contribution in [0.4, 0.5) is 0 Å². The van der Waals surface area contributed by atoms with Gasteiger partial charge in [-0.05, 0) is 53.0 Å². The number of nitrogens with zero attached hydrogens (tertiary/aromatic N) is 2. The summed E-state index contributed by atoms with van der Waals surface area (Å²) in [4.78, 5) is 0. The number of methoxy groups -OCH3 is 1. The molecule has 0 saturated carbocycles. The van der Waals surface area contributed by atoms with Gasteiger partial charge in [0.25, 0.3) is 0 Å². The third kappa shape index (κ3) is 2.82. The second kappa shape index (κ2) is 6.25. The molecule has 1 aromatic heterocycles. The number of hydrogen-bond acceptors (Lipinski definition) is 5. The normalized spacial score (nSPS) is 25.0. The zero-order chi connectivity index (χ0) is 18.5. The molecule has 2 fully saturated rings. The lowest BCUT2D eigenvalue weighted by atomic mass is 9.77. The molecule has 0 bridgehead atoms. The molecule has 2 saturated heterocycles. The van der Waals surface area contributed by atoms with Crippen LogP contribution in [0.3, 0.4) is 0 Å². The molecule has 140 valence electrons. The first-order chi connectivity index (χ1) is 12.3. The number of fused-ring (bicyclic) bond motifs is 1. The maximum Gasteiger partial charge on any atom is 0.498 e. The minimum Gasteiger partial charge on any atom is -0.496 e. The summed E-state index contributed by atoms with van der Waals surface area (Å²) in [5.41, 5.74) is 0.995. The van der Waals surface area contributed by atoms with Gasteiger partial charge in [-0.2, -0.15) is 5.10 Å². The Bertz CT molecular complexity index is 795. The molecule has 0 spiro atoms. The molecule has 6 nitrogen and oxygen atoms in total. The van der Waals surface area contributed by atoms with Gasteiger partial charge in [0, 0.05) is 18.3 Å². The fourth-order valence-corrected chi connectivity index (χ4v) is 3.57. The Morgan fingerprint density at radius 1 is 1.15 bits per heavy atom. The molecule has 7 heteroatoms. The fourth-order valence-electron chi connectivity index (χ4n) is 3.57. The molecule has 3 heterocycles. The number of aromatic nitrogens is 2. The van der Waals surface area contributed by atoms with E-state index in [4.69, 9.17) is 23.9 Å². The van der Waals surface area contributed by atoms with E-state index in [-0.39, 0.29) is 6.23 Å². The van der Waals surface area contributed by atoms with Crippen LogP contribution in [0.2, 0.25) is 0 Å². The Morgan fingerprint density at radius 3 is 2.50 bits per heavy atom. The standard InChI is InChI=1S/C19H27BN2O4/c1-18(2)19(3,4)26-20(25-18)14-9-10-15-13(17(14)23-5)12-22(21-15)16-8-6-7-11-24-16/h9-10,12,16H,6-8,11H2,1-5H3. The van der Waals surface area contributed by atoms with Gasteiger partial charge < -0.3 is 18.8 Å². The van der Waals surface area contributed by atoms with Crippen LogP contribution < -0.4 is 10.2 Å². The summed E-state index contributed by atoms with van der Waals surface area (Å²) in [7, 11) is 1.21. The van der Waals surface area contributed by atoms with E-state index >= 15 is 0 Å². The van der Waals surface area contributed by atoms with Gasteiger partial charge in [0.05, 0.1) is 29.2 Å². The van der Waals surface area contributed by atoms with Crippen LogP contribution in [0.5, 0.6) is 5.75 Å². The van der Waals surface area contributed by atoms with Crippen LogP contribution in [0.25, 0.3) is 10.9 Å². The van der Waals surface area contributed by atoms with E-state index in [0.717, 1.165) is 48.0 Å². The van der Waals surface area contributed by atoms with Crippen molar-refractivity contribution in [2.75, 3.05) is 13.7 Å². The predicted octanol–water partition coefficient (Wildman–Crippen LogP) is 3.04. The van der Waals surface area contributed by atoms with Crippen LogP contribution in [-0.2, 0) is 14.0 Å². The van der Waals surface area contributed by atoms with Gasteiger partial charge >= 0.3 is 7.12 Å². The monoisotopic (exact) mass is 358 g/mol. The SMILES string of the molecule is COc1c(B2OC(C)(C)C(C)(C)O2)ccc2nn(C3CCCCO3)cc12. The van der Waals surface area contributed by atoms with E-state index in [1.807, 2.05) is 23.0 Å². The molecule has 1 unspecified atom stereocenters. The molecule has 1 atom stereocenters. The highest BCUT2D eigenvalue weighted by Gasteiger charge is 2.52. The summed E-state index contributed by atoms with van der Waals surface area (Å²) in [6.45, 7) is 9.00. The highest BCUT2D eigenvalue weighted by molar-refractivity contribution is 6.63. The average molecular weight is 358 g/mol. The van der Waals surface area contributed by atoms with Crippen molar-refractivity contribution in [1.29, 1.82) is 0 Å². The van der Waals surface area contributed by atoms with Crippen LogP contribution in [-0.4, -0.2) is 41.8 Å². The zero-order valence-corrected chi connectivity index (χ0v) is 16.2. The maximum absolute atomic E-state index is 6.21. The van der Waals surface area contributed by atoms with Crippen LogP contribution >= 0.6 is 0 Å². The van der Waals surface area contributed by atoms with E-state index in [9.17, 15) is 0 Å². The minimum absolute atomic E-state index is 0.00107. The first-order valence-corrected chi connectivity index (χ1v) is 9.35. The number of rotatable bonds is 3. The molecule has 0 N–H and O–H groups in total. The van der Waals surface area contributed by atoms with Gasteiger partial charge in [-0.1, -0.05) is 6.07 Å². The quantitative estimate of drug-likeness (QED) is 0.790. The van der Waals surface area contributed by atoms with E-state index < -0.39 is 18.3 Å². The van der Waals surface area contributed by atoms with Gasteiger partial charge in [-0.3, -0.25) is 0 Å². The molecule has 0 radical (unpaired) electrons. The molecule has 26 heavy (non-hydrogen) atoms. The second-order valence-corrected chi connectivity index (χ2v) is 8.14. The van der Waals surface area contributed by atoms with Gasteiger partial charge in [-0.15, -0.1) is 0 Å². The van der Waals surface area contributed by atoms with Crippen molar-refractivity contribution in [3.63, 3.8) is 0 Å². The largest absolute Gasteiger partial charge is 0.498 e. The Balaban J connectivity index is 1.72. The number of benzene rings is 1.